The van der Waals surface area contributed by atoms with E-state index in [4.69, 9.17) is 4.74 Å². The van der Waals surface area contributed by atoms with Gasteiger partial charge in [0.2, 0.25) is 5.91 Å². The Morgan fingerprint density at radius 2 is 1.93 bits per heavy atom. The molecule has 2 saturated heterocycles. The summed E-state index contributed by atoms with van der Waals surface area (Å²) in [5.74, 6) is 0.895. The molecule has 9 heteroatoms. The second-order valence-corrected chi connectivity index (χ2v) is 9.39. The van der Waals surface area contributed by atoms with Crippen LogP contribution in [0, 0.1) is 5.92 Å². The van der Waals surface area contributed by atoms with E-state index < -0.39 is 42.0 Å². The first-order valence-corrected chi connectivity index (χ1v) is 11.3. The standard InChI is InChI=1S/C19H36N2O6S/c1-5-7-11-8-12(21(4)9-11)18(26)20-13(10(3)22)17-15(24)14(23)16(25)19(27-17)28-6-2/h10-17,19,22-25H,5-9H2,1-4H3,(H,20,26)/t10?,11-,12+,13?,14-,15+,16+,17+,19+/m0/s1. The molecule has 0 saturated carbocycles. The van der Waals surface area contributed by atoms with E-state index in [1.54, 1.807) is 0 Å². The Hall–Kier alpha value is -0.420. The van der Waals surface area contributed by atoms with Crippen molar-refractivity contribution in [1.29, 1.82) is 0 Å². The number of nitrogens with zero attached hydrogens (tertiary/aromatic N) is 1. The highest BCUT2D eigenvalue weighted by Gasteiger charge is 2.48. The van der Waals surface area contributed by atoms with E-state index in [1.807, 2.05) is 18.9 Å². The molecular weight excluding hydrogens is 384 g/mol. The number of thioether (sulfide) groups is 1. The Bertz CT molecular complexity index is 511. The number of nitrogens with one attached hydrogen (secondary N) is 1. The fourth-order valence-electron chi connectivity index (χ4n) is 4.24. The van der Waals surface area contributed by atoms with Crippen molar-refractivity contribution in [1.82, 2.24) is 10.2 Å². The van der Waals surface area contributed by atoms with Crippen LogP contribution >= 0.6 is 11.8 Å². The van der Waals surface area contributed by atoms with Gasteiger partial charge in [-0.2, -0.15) is 0 Å². The summed E-state index contributed by atoms with van der Waals surface area (Å²) in [7, 11) is 1.91. The fourth-order valence-corrected chi connectivity index (χ4v) is 5.13. The maximum absolute atomic E-state index is 12.9. The van der Waals surface area contributed by atoms with Crippen molar-refractivity contribution in [3.63, 3.8) is 0 Å². The lowest BCUT2D eigenvalue weighted by Crippen LogP contribution is -2.65. The van der Waals surface area contributed by atoms with Gasteiger partial charge in [-0.3, -0.25) is 9.69 Å². The van der Waals surface area contributed by atoms with Gasteiger partial charge in [-0.25, -0.2) is 0 Å². The van der Waals surface area contributed by atoms with Crippen LogP contribution in [-0.2, 0) is 9.53 Å². The van der Waals surface area contributed by atoms with E-state index in [2.05, 4.69) is 12.2 Å². The molecule has 0 aromatic carbocycles. The Kier molecular flexibility index (Phi) is 9.00. The molecule has 0 radical (unpaired) electrons. The number of hydrogen-bond donors (Lipinski definition) is 5. The molecule has 2 aliphatic rings. The Morgan fingerprint density at radius 1 is 1.25 bits per heavy atom. The lowest BCUT2D eigenvalue weighted by molar-refractivity contribution is -0.211. The molecule has 0 aromatic heterocycles. The summed E-state index contributed by atoms with van der Waals surface area (Å²) >= 11 is 1.30. The van der Waals surface area contributed by atoms with Crippen LogP contribution in [0.25, 0.3) is 0 Å². The summed E-state index contributed by atoms with van der Waals surface area (Å²) in [5.41, 5.74) is -0.741. The van der Waals surface area contributed by atoms with Crippen molar-refractivity contribution in [2.45, 2.75) is 88.1 Å². The molecule has 2 heterocycles. The molecule has 0 aromatic rings. The van der Waals surface area contributed by atoms with Crippen LogP contribution < -0.4 is 5.32 Å². The quantitative estimate of drug-likeness (QED) is 0.357. The van der Waals surface area contributed by atoms with Gasteiger partial charge in [0.1, 0.15) is 29.9 Å². The minimum absolute atomic E-state index is 0.219. The third-order valence-electron chi connectivity index (χ3n) is 5.75. The van der Waals surface area contributed by atoms with E-state index in [9.17, 15) is 25.2 Å². The number of likely N-dealkylation sites (N-methyl/N-ethyl adjacent to an activating group) is 1. The first-order valence-electron chi connectivity index (χ1n) is 10.2. The van der Waals surface area contributed by atoms with Crippen LogP contribution in [-0.4, -0.2) is 98.6 Å². The highest BCUT2D eigenvalue weighted by atomic mass is 32.2. The molecule has 2 aliphatic heterocycles. The maximum atomic E-state index is 12.9. The average Bonchev–Trinajstić information content (AvgIpc) is 3.01. The van der Waals surface area contributed by atoms with E-state index in [-0.39, 0.29) is 11.9 Å². The molecule has 0 spiro atoms. The summed E-state index contributed by atoms with van der Waals surface area (Å²) in [6.45, 7) is 6.39. The number of aliphatic hydroxyl groups excluding tert-OH is 4. The van der Waals surface area contributed by atoms with Gasteiger partial charge in [0.15, 0.2) is 0 Å². The Balaban J connectivity index is 2.10. The van der Waals surface area contributed by atoms with E-state index in [1.165, 1.54) is 18.7 Å². The average molecular weight is 421 g/mol. The molecule has 28 heavy (non-hydrogen) atoms. The molecule has 9 atom stereocenters. The SMILES string of the molecule is CCC[C@H]1C[C@H](C(=O)NC(C(C)O)[C@H]2O[C@H](SCC)[C@H](O)[C@@H](O)[C@H]2O)N(C)C1. The zero-order valence-corrected chi connectivity index (χ0v) is 18.0. The van der Waals surface area contributed by atoms with Gasteiger partial charge >= 0.3 is 0 Å². The van der Waals surface area contributed by atoms with Crippen molar-refractivity contribution in [2.75, 3.05) is 19.3 Å². The minimum Gasteiger partial charge on any atom is -0.391 e. The predicted molar refractivity (Wildman–Crippen MR) is 108 cm³/mol. The lowest BCUT2D eigenvalue weighted by Gasteiger charge is -2.44. The first kappa shape index (κ1) is 23.9. The number of ether oxygens (including phenoxy) is 1. The molecule has 8 nitrogen and oxygen atoms in total. The van der Waals surface area contributed by atoms with Crippen molar-refractivity contribution in [2.24, 2.45) is 5.92 Å². The maximum Gasteiger partial charge on any atom is 0.237 e. The minimum atomic E-state index is -1.42. The predicted octanol–water partition coefficient (Wildman–Crippen LogP) is -0.467. The van der Waals surface area contributed by atoms with Gasteiger partial charge in [0, 0.05) is 6.54 Å². The number of carbonyl (C=O) groups excluding carboxylic acids is 1. The highest BCUT2D eigenvalue weighted by molar-refractivity contribution is 7.99. The van der Waals surface area contributed by atoms with Crippen LogP contribution in [0.4, 0.5) is 0 Å². The van der Waals surface area contributed by atoms with E-state index in [0.717, 1.165) is 25.8 Å². The Labute approximate surface area is 171 Å². The highest BCUT2D eigenvalue weighted by Crippen LogP contribution is 2.31. The summed E-state index contributed by atoms with van der Waals surface area (Å²) in [6, 6.07) is -1.20. The molecule has 2 fully saturated rings. The zero-order valence-electron chi connectivity index (χ0n) is 17.2. The first-order chi connectivity index (χ1) is 13.2. The number of likely N-dealkylation sites (tertiary alicyclic amines) is 1. The number of rotatable bonds is 8. The van der Waals surface area contributed by atoms with Crippen LogP contribution in [0.3, 0.4) is 0 Å². The van der Waals surface area contributed by atoms with Gasteiger partial charge in [0.25, 0.3) is 0 Å². The van der Waals surface area contributed by atoms with Crippen molar-refractivity contribution >= 4 is 17.7 Å². The summed E-state index contributed by atoms with van der Waals surface area (Å²) in [6.07, 6.45) is -3.20. The summed E-state index contributed by atoms with van der Waals surface area (Å²) in [5, 5.41) is 43.9. The Morgan fingerprint density at radius 3 is 2.50 bits per heavy atom. The third kappa shape index (κ3) is 5.38. The van der Waals surface area contributed by atoms with Gasteiger partial charge < -0.3 is 30.5 Å². The van der Waals surface area contributed by atoms with Crippen molar-refractivity contribution in [3.8, 4) is 0 Å². The largest absolute Gasteiger partial charge is 0.391 e. The second-order valence-electron chi connectivity index (χ2n) is 8.02. The molecule has 0 bridgehead atoms. The fraction of sp³-hybridized carbons (Fsp3) is 0.947. The van der Waals surface area contributed by atoms with Gasteiger partial charge in [-0.15, -0.1) is 11.8 Å². The van der Waals surface area contributed by atoms with Crippen LogP contribution in [0.5, 0.6) is 0 Å². The third-order valence-corrected chi connectivity index (χ3v) is 6.81. The number of hydrogen-bond acceptors (Lipinski definition) is 8. The summed E-state index contributed by atoms with van der Waals surface area (Å²) in [4.78, 5) is 14.9. The smallest absolute Gasteiger partial charge is 0.237 e. The van der Waals surface area contributed by atoms with Crippen molar-refractivity contribution < 1.29 is 30.0 Å². The zero-order chi connectivity index (χ0) is 21.0. The number of amides is 1. The van der Waals surface area contributed by atoms with Gasteiger partial charge in [-0.1, -0.05) is 20.3 Å². The van der Waals surface area contributed by atoms with Gasteiger partial charge in [-0.05, 0) is 38.5 Å². The molecular formula is C19H36N2O6S. The van der Waals surface area contributed by atoms with Crippen LogP contribution in [0.15, 0.2) is 0 Å². The second kappa shape index (κ2) is 10.6. The molecule has 1 amide bonds. The normalized spacial score (nSPS) is 38.9. The van der Waals surface area contributed by atoms with Crippen LogP contribution in [0.1, 0.15) is 40.0 Å². The molecule has 164 valence electrons. The molecule has 0 aliphatic carbocycles. The lowest BCUT2D eigenvalue weighted by atomic mass is 9.92. The van der Waals surface area contributed by atoms with Crippen molar-refractivity contribution in [3.05, 3.63) is 0 Å². The summed E-state index contributed by atoms with van der Waals surface area (Å²) < 4.78 is 5.81. The van der Waals surface area contributed by atoms with Crippen LogP contribution in [0.2, 0.25) is 0 Å². The molecule has 5 N–H and O–H groups in total. The number of aliphatic hydroxyl groups is 4. The van der Waals surface area contributed by atoms with E-state index >= 15 is 0 Å². The molecule has 2 unspecified atom stereocenters. The monoisotopic (exact) mass is 420 g/mol. The van der Waals surface area contributed by atoms with Gasteiger partial charge in [0.05, 0.1) is 18.2 Å². The van der Waals surface area contributed by atoms with E-state index in [0.29, 0.717) is 11.7 Å². The number of carbonyl (C=O) groups is 1. The molecule has 2 rings (SSSR count). The topological polar surface area (TPSA) is 122 Å².